The van der Waals surface area contributed by atoms with Crippen molar-refractivity contribution in [3.8, 4) is 10.6 Å². The maximum atomic E-state index is 13.7. The van der Waals surface area contributed by atoms with E-state index in [0.717, 1.165) is 22.0 Å². The molecular weight excluding hydrogens is 415 g/mol. The molecule has 2 nitrogen and oxygen atoms in total. The van der Waals surface area contributed by atoms with Gasteiger partial charge in [0.05, 0.1) is 15.2 Å². The molecule has 3 rings (SSSR count). The van der Waals surface area contributed by atoms with E-state index in [2.05, 4.69) is 21.0 Å². The Morgan fingerprint density at radius 3 is 2.42 bits per heavy atom. The maximum absolute atomic E-state index is 13.7. The fourth-order valence-electron chi connectivity index (χ4n) is 2.15. The Bertz CT molecular complexity index is 884. The SMILES string of the molecule is Fc1ccc(Cn2nc(-c3ccc(Br)s3)cc2C(F)(F)F)c(F)c1. The molecule has 0 amide bonds. The van der Waals surface area contributed by atoms with Crippen molar-refractivity contribution in [3.63, 3.8) is 0 Å². The third-order valence-corrected chi connectivity index (χ3v) is 4.88. The molecule has 126 valence electrons. The van der Waals surface area contributed by atoms with E-state index in [1.807, 2.05) is 0 Å². The topological polar surface area (TPSA) is 17.8 Å². The van der Waals surface area contributed by atoms with Crippen molar-refractivity contribution in [1.82, 2.24) is 9.78 Å². The van der Waals surface area contributed by atoms with Gasteiger partial charge in [0.15, 0.2) is 0 Å². The van der Waals surface area contributed by atoms with Crippen LogP contribution in [0, 0.1) is 11.6 Å². The van der Waals surface area contributed by atoms with Crippen molar-refractivity contribution < 1.29 is 22.0 Å². The lowest BCUT2D eigenvalue weighted by Crippen LogP contribution is -2.15. The number of benzene rings is 1. The first-order valence-corrected chi connectivity index (χ1v) is 8.19. The first kappa shape index (κ1) is 17.1. The summed E-state index contributed by atoms with van der Waals surface area (Å²) in [5.74, 6) is -1.71. The van der Waals surface area contributed by atoms with Gasteiger partial charge < -0.3 is 0 Å². The van der Waals surface area contributed by atoms with Crippen LogP contribution in [-0.2, 0) is 12.7 Å². The predicted molar refractivity (Wildman–Crippen MR) is 83.7 cm³/mol. The Morgan fingerprint density at radius 2 is 1.83 bits per heavy atom. The number of hydrogen-bond donors (Lipinski definition) is 0. The lowest BCUT2D eigenvalue weighted by Gasteiger charge is -2.10. The minimum Gasteiger partial charge on any atom is -0.255 e. The van der Waals surface area contributed by atoms with Gasteiger partial charge in [-0.25, -0.2) is 8.78 Å². The van der Waals surface area contributed by atoms with E-state index in [0.29, 0.717) is 15.6 Å². The number of alkyl halides is 3. The molecule has 0 N–H and O–H groups in total. The monoisotopic (exact) mass is 422 g/mol. The molecular formula is C15H8BrF5N2S. The zero-order chi connectivity index (χ0) is 17.5. The number of hydrogen-bond acceptors (Lipinski definition) is 2. The molecule has 0 aliphatic carbocycles. The molecule has 3 aromatic rings. The van der Waals surface area contributed by atoms with E-state index >= 15 is 0 Å². The molecule has 0 unspecified atom stereocenters. The summed E-state index contributed by atoms with van der Waals surface area (Å²) in [5.41, 5.74) is -0.935. The maximum Gasteiger partial charge on any atom is 0.433 e. The highest BCUT2D eigenvalue weighted by atomic mass is 79.9. The lowest BCUT2D eigenvalue weighted by molar-refractivity contribution is -0.144. The van der Waals surface area contributed by atoms with Crippen LogP contribution in [0.5, 0.6) is 0 Å². The Hall–Kier alpha value is -1.74. The summed E-state index contributed by atoms with van der Waals surface area (Å²) >= 11 is 4.48. The van der Waals surface area contributed by atoms with Crippen molar-refractivity contribution in [1.29, 1.82) is 0 Å². The molecule has 0 bridgehead atoms. The number of halogens is 6. The van der Waals surface area contributed by atoms with Gasteiger partial charge in [-0.3, -0.25) is 4.68 Å². The van der Waals surface area contributed by atoms with Gasteiger partial charge >= 0.3 is 6.18 Å². The standard InChI is InChI=1S/C15H8BrF5N2S/c16-14-4-3-12(24-14)11-6-13(15(19,20)21)23(22-11)7-8-1-2-9(17)5-10(8)18/h1-6H,7H2. The molecule has 0 radical (unpaired) electrons. The van der Waals surface area contributed by atoms with Crippen LogP contribution in [0.15, 0.2) is 40.2 Å². The highest BCUT2D eigenvalue weighted by Crippen LogP contribution is 2.36. The summed E-state index contributed by atoms with van der Waals surface area (Å²) in [5, 5.41) is 3.94. The van der Waals surface area contributed by atoms with E-state index in [1.165, 1.54) is 11.3 Å². The first-order chi connectivity index (χ1) is 11.2. The second-order valence-electron chi connectivity index (χ2n) is 4.91. The van der Waals surface area contributed by atoms with Gasteiger partial charge in [0.25, 0.3) is 0 Å². The zero-order valence-electron chi connectivity index (χ0n) is 11.7. The van der Waals surface area contributed by atoms with Crippen LogP contribution in [0.3, 0.4) is 0 Å². The molecule has 0 fully saturated rings. The first-order valence-electron chi connectivity index (χ1n) is 6.59. The van der Waals surface area contributed by atoms with Crippen molar-refractivity contribution in [2.75, 3.05) is 0 Å². The Labute approximate surface area is 145 Å². The van der Waals surface area contributed by atoms with Crippen molar-refractivity contribution >= 4 is 27.3 Å². The Kier molecular flexibility index (Phi) is 4.48. The number of nitrogens with zero attached hydrogens (tertiary/aromatic N) is 2. The Morgan fingerprint density at radius 1 is 1.08 bits per heavy atom. The van der Waals surface area contributed by atoms with Gasteiger partial charge in [-0.1, -0.05) is 6.07 Å². The average Bonchev–Trinajstić information content (AvgIpc) is 3.07. The largest absolute Gasteiger partial charge is 0.433 e. The summed E-state index contributed by atoms with van der Waals surface area (Å²) in [6, 6.07) is 6.98. The van der Waals surface area contributed by atoms with E-state index in [4.69, 9.17) is 0 Å². The van der Waals surface area contributed by atoms with Gasteiger partial charge in [0.2, 0.25) is 0 Å². The second-order valence-corrected chi connectivity index (χ2v) is 7.37. The number of aromatic nitrogens is 2. The molecule has 0 saturated carbocycles. The van der Waals surface area contributed by atoms with Gasteiger partial charge in [-0.15, -0.1) is 11.3 Å². The number of rotatable bonds is 3. The van der Waals surface area contributed by atoms with Gasteiger partial charge in [0.1, 0.15) is 23.0 Å². The zero-order valence-corrected chi connectivity index (χ0v) is 14.1. The van der Waals surface area contributed by atoms with E-state index in [1.54, 1.807) is 12.1 Å². The molecule has 9 heteroatoms. The normalized spacial score (nSPS) is 11.9. The van der Waals surface area contributed by atoms with Crippen molar-refractivity contribution in [3.05, 3.63) is 63.1 Å². The summed E-state index contributed by atoms with van der Waals surface area (Å²) in [6.45, 7) is -0.451. The van der Waals surface area contributed by atoms with E-state index in [-0.39, 0.29) is 11.3 Å². The van der Waals surface area contributed by atoms with Crippen molar-refractivity contribution in [2.24, 2.45) is 0 Å². The van der Waals surface area contributed by atoms with Crippen LogP contribution in [0.1, 0.15) is 11.3 Å². The molecule has 0 atom stereocenters. The van der Waals surface area contributed by atoms with Crippen LogP contribution in [0.25, 0.3) is 10.6 Å². The summed E-state index contributed by atoms with van der Waals surface area (Å²) in [4.78, 5) is 0.547. The minimum absolute atomic E-state index is 0.0797. The third-order valence-electron chi connectivity index (χ3n) is 3.23. The molecule has 1 aromatic carbocycles. The predicted octanol–water partition coefficient (Wildman–Crippen LogP) is 5.72. The van der Waals surface area contributed by atoms with Gasteiger partial charge in [0, 0.05) is 11.6 Å². The van der Waals surface area contributed by atoms with E-state index in [9.17, 15) is 22.0 Å². The molecule has 0 saturated heterocycles. The number of thiophene rings is 1. The third kappa shape index (κ3) is 3.51. The smallest absolute Gasteiger partial charge is 0.255 e. The summed E-state index contributed by atoms with van der Waals surface area (Å²) in [6.07, 6.45) is -4.64. The van der Waals surface area contributed by atoms with Gasteiger partial charge in [-0.05, 0) is 40.2 Å². The quantitative estimate of drug-likeness (QED) is 0.493. The summed E-state index contributed by atoms with van der Waals surface area (Å²) in [7, 11) is 0. The molecule has 2 aromatic heterocycles. The van der Waals surface area contributed by atoms with Crippen LogP contribution in [-0.4, -0.2) is 9.78 Å². The minimum atomic E-state index is -4.64. The Balaban J connectivity index is 2.04. The van der Waals surface area contributed by atoms with Crippen LogP contribution in [0.2, 0.25) is 0 Å². The van der Waals surface area contributed by atoms with Crippen LogP contribution in [0.4, 0.5) is 22.0 Å². The fourth-order valence-corrected chi connectivity index (χ4v) is 3.49. The molecule has 24 heavy (non-hydrogen) atoms. The average molecular weight is 423 g/mol. The van der Waals surface area contributed by atoms with Crippen LogP contribution < -0.4 is 0 Å². The highest BCUT2D eigenvalue weighted by Gasteiger charge is 2.36. The van der Waals surface area contributed by atoms with Gasteiger partial charge in [-0.2, -0.15) is 18.3 Å². The second kappa shape index (κ2) is 6.29. The molecule has 2 heterocycles. The fraction of sp³-hybridized carbons (Fsp3) is 0.133. The lowest BCUT2D eigenvalue weighted by atomic mass is 10.2. The molecule has 0 aliphatic heterocycles. The van der Waals surface area contributed by atoms with Crippen molar-refractivity contribution in [2.45, 2.75) is 12.7 Å². The van der Waals surface area contributed by atoms with E-state index < -0.39 is 30.0 Å². The summed E-state index contributed by atoms with van der Waals surface area (Å²) < 4.78 is 67.8. The molecule has 0 aliphatic rings. The molecule has 0 spiro atoms. The highest BCUT2D eigenvalue weighted by molar-refractivity contribution is 9.11. The van der Waals surface area contributed by atoms with Crippen LogP contribution >= 0.6 is 27.3 Å².